The van der Waals surface area contributed by atoms with Crippen molar-refractivity contribution >= 4 is 8.60 Å². The van der Waals surface area contributed by atoms with Gasteiger partial charge >= 0.3 is 8.60 Å². The van der Waals surface area contributed by atoms with Gasteiger partial charge in [0.2, 0.25) is 0 Å². The minimum atomic E-state index is -1.25. The molecule has 0 unspecified atom stereocenters. The smallest absolute Gasteiger partial charge is 0.312 e. The van der Waals surface area contributed by atoms with E-state index in [1.807, 2.05) is 0 Å². The maximum Gasteiger partial charge on any atom is 0.332 e. The van der Waals surface area contributed by atoms with Gasteiger partial charge in [-0.2, -0.15) is 0 Å². The molecule has 200 valence electrons. The van der Waals surface area contributed by atoms with Crippen LogP contribution in [0.1, 0.15) is 74.5 Å². The molecule has 0 amide bonds. The lowest BCUT2D eigenvalue weighted by Crippen LogP contribution is -2.01. The molecule has 4 heteroatoms. The highest BCUT2D eigenvalue weighted by Crippen LogP contribution is 2.40. The van der Waals surface area contributed by atoms with E-state index in [1.54, 1.807) is 0 Å². The summed E-state index contributed by atoms with van der Waals surface area (Å²) in [5.41, 5.74) is 4.24. The van der Waals surface area contributed by atoms with Gasteiger partial charge in [-0.05, 0) is 74.5 Å². The second-order valence-corrected chi connectivity index (χ2v) is 10.8. The number of unbranched alkanes of at least 4 members (excludes halogenated alkanes) is 6. The van der Waals surface area contributed by atoms with Crippen molar-refractivity contribution in [3.8, 4) is 0 Å². The van der Waals surface area contributed by atoms with Crippen LogP contribution in [0.5, 0.6) is 0 Å². The van der Waals surface area contributed by atoms with Crippen molar-refractivity contribution in [3.05, 3.63) is 108 Å². The Kier molecular flexibility index (Phi) is 16.0. The molecule has 0 saturated carbocycles. The summed E-state index contributed by atoms with van der Waals surface area (Å²) < 4.78 is 18.2. The fourth-order valence-corrected chi connectivity index (χ4v) is 5.35. The molecule has 3 nitrogen and oxygen atoms in total. The van der Waals surface area contributed by atoms with Gasteiger partial charge in [-0.15, -0.1) is 0 Å². The molecule has 0 radical (unpaired) electrons. The predicted octanol–water partition coefficient (Wildman–Crippen LogP) is 9.50. The fraction of sp³-hybridized carbons (Fsp3) is 0.455. The quantitative estimate of drug-likeness (QED) is 0.103. The summed E-state index contributed by atoms with van der Waals surface area (Å²) in [5.74, 6) is 0. The highest BCUT2D eigenvalue weighted by atomic mass is 31.2. The van der Waals surface area contributed by atoms with Gasteiger partial charge in [0, 0.05) is 0 Å². The first kappa shape index (κ1) is 29.5. The number of benzene rings is 3. The van der Waals surface area contributed by atoms with E-state index in [2.05, 4.69) is 91.0 Å². The molecule has 0 aromatic heterocycles. The molecule has 0 heterocycles. The van der Waals surface area contributed by atoms with Crippen molar-refractivity contribution in [2.45, 2.75) is 77.0 Å². The van der Waals surface area contributed by atoms with Crippen molar-refractivity contribution in [1.29, 1.82) is 0 Å². The molecule has 0 spiro atoms. The summed E-state index contributed by atoms with van der Waals surface area (Å²) in [6.45, 7) is 2.13. The van der Waals surface area contributed by atoms with Crippen LogP contribution in [0.4, 0.5) is 0 Å². The van der Waals surface area contributed by atoms with Crippen molar-refractivity contribution in [2.24, 2.45) is 0 Å². The van der Waals surface area contributed by atoms with Gasteiger partial charge < -0.3 is 13.6 Å². The minimum Gasteiger partial charge on any atom is -0.312 e. The molecule has 0 N–H and O–H groups in total. The second-order valence-electron chi connectivity index (χ2n) is 9.61. The molecular weight excluding hydrogens is 475 g/mol. The van der Waals surface area contributed by atoms with Crippen LogP contribution < -0.4 is 0 Å². The van der Waals surface area contributed by atoms with E-state index in [9.17, 15) is 0 Å². The number of aryl methyl sites for hydroxylation is 3. The lowest BCUT2D eigenvalue weighted by molar-refractivity contribution is 0.154. The summed E-state index contributed by atoms with van der Waals surface area (Å²) in [6, 6.07) is 32.1. The van der Waals surface area contributed by atoms with Crippen molar-refractivity contribution in [1.82, 2.24) is 0 Å². The Morgan fingerprint density at radius 2 is 0.649 bits per heavy atom. The molecular formula is C33H45O3P. The van der Waals surface area contributed by atoms with Crippen LogP contribution in [0.3, 0.4) is 0 Å². The molecule has 3 aromatic rings. The molecule has 0 fully saturated rings. The summed E-state index contributed by atoms with van der Waals surface area (Å²) in [4.78, 5) is 0. The van der Waals surface area contributed by atoms with Gasteiger partial charge in [0.1, 0.15) is 0 Å². The highest BCUT2D eigenvalue weighted by Gasteiger charge is 2.12. The van der Waals surface area contributed by atoms with E-state index in [0.717, 1.165) is 57.8 Å². The predicted molar refractivity (Wildman–Crippen MR) is 157 cm³/mol. The van der Waals surface area contributed by atoms with Gasteiger partial charge in [0.15, 0.2) is 0 Å². The third kappa shape index (κ3) is 14.5. The molecule has 0 saturated heterocycles. The monoisotopic (exact) mass is 520 g/mol. The van der Waals surface area contributed by atoms with Gasteiger partial charge in [-0.3, -0.25) is 0 Å². The average Bonchev–Trinajstić information content (AvgIpc) is 2.95. The largest absolute Gasteiger partial charge is 0.332 e. The topological polar surface area (TPSA) is 27.7 Å². The first-order valence-corrected chi connectivity index (χ1v) is 15.3. The summed E-state index contributed by atoms with van der Waals surface area (Å²) in [7, 11) is -1.25. The van der Waals surface area contributed by atoms with E-state index in [4.69, 9.17) is 13.6 Å². The Bertz CT molecular complexity index is 782. The SMILES string of the molecule is c1ccc(CCCCCOP(OCCCCCc2ccccc2)OCCCCCc2ccccc2)cc1. The number of hydrogen-bond donors (Lipinski definition) is 0. The molecule has 0 aliphatic rings. The zero-order valence-corrected chi connectivity index (χ0v) is 23.3. The van der Waals surface area contributed by atoms with Gasteiger partial charge in [-0.25, -0.2) is 0 Å². The lowest BCUT2D eigenvalue weighted by atomic mass is 10.1. The van der Waals surface area contributed by atoms with Crippen LogP contribution in [0.25, 0.3) is 0 Å². The standard InChI is InChI=1S/C33H45O3P/c1-7-19-31(20-8-1)25-13-4-16-28-34-37(35-29-17-5-14-26-32-21-9-2-10-22-32)36-30-18-6-15-27-33-23-11-3-12-24-33/h1-3,7-12,19-24H,4-6,13-18,25-30H2. The van der Waals surface area contributed by atoms with E-state index >= 15 is 0 Å². The van der Waals surface area contributed by atoms with E-state index in [-0.39, 0.29) is 0 Å². The summed E-state index contributed by atoms with van der Waals surface area (Å²) >= 11 is 0. The van der Waals surface area contributed by atoms with Gasteiger partial charge in [-0.1, -0.05) is 110 Å². The van der Waals surface area contributed by atoms with Crippen LogP contribution in [0.2, 0.25) is 0 Å². The third-order valence-electron chi connectivity index (χ3n) is 6.45. The minimum absolute atomic E-state index is 0.711. The Hall–Kier alpha value is -2.03. The first-order chi connectivity index (χ1) is 18.4. The van der Waals surface area contributed by atoms with Crippen LogP contribution in [-0.2, 0) is 32.8 Å². The van der Waals surface area contributed by atoms with E-state index in [0.29, 0.717) is 19.8 Å². The number of hydrogen-bond acceptors (Lipinski definition) is 3. The van der Waals surface area contributed by atoms with Crippen LogP contribution in [0.15, 0.2) is 91.0 Å². The average molecular weight is 521 g/mol. The Labute approximate surface area is 226 Å². The molecule has 0 bridgehead atoms. The Balaban J connectivity index is 1.26. The zero-order valence-electron chi connectivity index (χ0n) is 22.4. The maximum atomic E-state index is 6.07. The van der Waals surface area contributed by atoms with Crippen LogP contribution in [0, 0.1) is 0 Å². The normalized spacial score (nSPS) is 11.3. The maximum absolute atomic E-state index is 6.07. The van der Waals surface area contributed by atoms with Gasteiger partial charge in [0.05, 0.1) is 19.8 Å². The van der Waals surface area contributed by atoms with E-state index < -0.39 is 8.60 Å². The summed E-state index contributed by atoms with van der Waals surface area (Å²) in [5, 5.41) is 0. The lowest BCUT2D eigenvalue weighted by Gasteiger charge is -2.17. The zero-order chi connectivity index (χ0) is 25.6. The summed E-state index contributed by atoms with van der Waals surface area (Å²) in [6.07, 6.45) is 13.6. The third-order valence-corrected chi connectivity index (χ3v) is 7.63. The Morgan fingerprint density at radius 1 is 0.351 bits per heavy atom. The second kappa shape index (κ2) is 20.0. The molecule has 0 aliphatic carbocycles. The molecule has 37 heavy (non-hydrogen) atoms. The fourth-order valence-electron chi connectivity index (χ4n) is 4.29. The van der Waals surface area contributed by atoms with Crippen LogP contribution in [-0.4, -0.2) is 19.8 Å². The molecule has 0 aliphatic heterocycles. The van der Waals surface area contributed by atoms with Crippen molar-refractivity contribution in [3.63, 3.8) is 0 Å². The molecule has 0 atom stereocenters. The van der Waals surface area contributed by atoms with E-state index in [1.165, 1.54) is 36.0 Å². The van der Waals surface area contributed by atoms with Gasteiger partial charge in [0.25, 0.3) is 0 Å². The van der Waals surface area contributed by atoms with Crippen molar-refractivity contribution < 1.29 is 13.6 Å². The Morgan fingerprint density at radius 3 is 0.946 bits per heavy atom. The van der Waals surface area contributed by atoms with Crippen molar-refractivity contribution in [2.75, 3.05) is 19.8 Å². The first-order valence-electron chi connectivity index (χ1n) is 14.2. The number of rotatable bonds is 21. The highest BCUT2D eigenvalue weighted by molar-refractivity contribution is 7.41. The van der Waals surface area contributed by atoms with Crippen LogP contribution >= 0.6 is 8.60 Å². The molecule has 3 rings (SSSR count). The molecule has 3 aromatic carbocycles.